The molecule has 1 aromatic heterocycles. The molecule has 5 heteroatoms. The Morgan fingerprint density at radius 3 is 2.84 bits per heavy atom. The van der Waals surface area contributed by atoms with Gasteiger partial charge >= 0.3 is 0 Å². The number of amides is 1. The predicted octanol–water partition coefficient (Wildman–Crippen LogP) is 1.39. The van der Waals surface area contributed by atoms with Crippen LogP contribution in [0.3, 0.4) is 0 Å². The van der Waals surface area contributed by atoms with E-state index in [0.29, 0.717) is 18.2 Å². The van der Waals surface area contributed by atoms with E-state index in [2.05, 4.69) is 22.1 Å². The lowest BCUT2D eigenvalue weighted by atomic mass is 10.1. The number of aromatic hydroxyl groups is 1. The Morgan fingerprint density at radius 1 is 1.42 bits per heavy atom. The van der Waals surface area contributed by atoms with Gasteiger partial charge in [0.15, 0.2) is 0 Å². The molecular formula is C14H21N3O2. The van der Waals surface area contributed by atoms with Gasteiger partial charge in [-0.1, -0.05) is 6.42 Å². The summed E-state index contributed by atoms with van der Waals surface area (Å²) in [7, 11) is 0. The summed E-state index contributed by atoms with van der Waals surface area (Å²) in [6, 6.07) is 1.77. The molecule has 1 aromatic rings. The molecule has 1 atom stereocenters. The number of carbonyl (C=O) groups is 1. The van der Waals surface area contributed by atoms with Crippen LogP contribution < -0.4 is 5.32 Å². The average molecular weight is 263 g/mol. The van der Waals surface area contributed by atoms with Crippen molar-refractivity contribution in [1.29, 1.82) is 0 Å². The molecule has 1 amide bonds. The van der Waals surface area contributed by atoms with E-state index in [9.17, 15) is 9.90 Å². The van der Waals surface area contributed by atoms with E-state index < -0.39 is 0 Å². The average Bonchev–Trinajstić information content (AvgIpc) is 2.45. The Labute approximate surface area is 113 Å². The summed E-state index contributed by atoms with van der Waals surface area (Å²) in [5.41, 5.74) is 0.394. The molecule has 104 valence electrons. The van der Waals surface area contributed by atoms with E-state index >= 15 is 0 Å². The normalized spacial score (nSPS) is 17.9. The Hall–Kier alpha value is -1.62. The van der Waals surface area contributed by atoms with Crippen molar-refractivity contribution >= 4 is 5.91 Å². The first-order chi connectivity index (χ1) is 9.16. The molecule has 0 aromatic carbocycles. The number of nitrogens with zero attached hydrogens (tertiary/aromatic N) is 2. The zero-order valence-electron chi connectivity index (χ0n) is 11.3. The Kier molecular flexibility index (Phi) is 4.74. The van der Waals surface area contributed by atoms with E-state index in [1.54, 1.807) is 0 Å². The van der Waals surface area contributed by atoms with Gasteiger partial charge in [0.2, 0.25) is 0 Å². The second kappa shape index (κ2) is 6.52. The molecule has 2 rings (SSSR count). The molecule has 0 bridgehead atoms. The summed E-state index contributed by atoms with van der Waals surface area (Å²) < 4.78 is 0. The van der Waals surface area contributed by atoms with Gasteiger partial charge in [-0.2, -0.15) is 0 Å². The van der Waals surface area contributed by atoms with E-state index in [4.69, 9.17) is 0 Å². The fourth-order valence-corrected chi connectivity index (χ4v) is 2.38. The number of carbonyl (C=O) groups excluding carboxylic acids is 1. The van der Waals surface area contributed by atoms with Crippen molar-refractivity contribution in [3.8, 4) is 5.75 Å². The van der Waals surface area contributed by atoms with Crippen molar-refractivity contribution < 1.29 is 9.90 Å². The summed E-state index contributed by atoms with van der Waals surface area (Å²) in [5, 5.41) is 12.2. The zero-order valence-corrected chi connectivity index (χ0v) is 11.3. The summed E-state index contributed by atoms with van der Waals surface area (Å²) >= 11 is 0. The minimum Gasteiger partial charge on any atom is -0.506 e. The number of nitrogens with one attached hydrogen (secondary N) is 1. The molecule has 2 N–H and O–H groups in total. The molecule has 1 fully saturated rings. The molecule has 0 radical (unpaired) electrons. The Balaban J connectivity index is 1.82. The minimum absolute atomic E-state index is 0.0109. The lowest BCUT2D eigenvalue weighted by molar-refractivity contribution is 0.0929. The van der Waals surface area contributed by atoms with Crippen molar-refractivity contribution in [2.75, 3.05) is 19.6 Å². The van der Waals surface area contributed by atoms with Crippen molar-refractivity contribution in [1.82, 2.24) is 15.2 Å². The molecule has 5 nitrogen and oxygen atoms in total. The molecule has 0 saturated carbocycles. The number of hydrogen-bond acceptors (Lipinski definition) is 4. The second-order valence-electron chi connectivity index (χ2n) is 5.09. The lowest BCUT2D eigenvalue weighted by Crippen LogP contribution is -2.44. The van der Waals surface area contributed by atoms with Crippen LogP contribution in [-0.2, 0) is 0 Å². The van der Waals surface area contributed by atoms with Gasteiger partial charge in [0.25, 0.3) is 5.91 Å². The summed E-state index contributed by atoms with van der Waals surface area (Å²) in [6.45, 7) is 4.98. The van der Waals surface area contributed by atoms with E-state index in [1.165, 1.54) is 37.7 Å². The van der Waals surface area contributed by atoms with Crippen LogP contribution >= 0.6 is 0 Å². The van der Waals surface area contributed by atoms with E-state index in [1.807, 2.05) is 0 Å². The van der Waals surface area contributed by atoms with Gasteiger partial charge in [-0.25, -0.2) is 0 Å². The van der Waals surface area contributed by atoms with Crippen LogP contribution in [0.5, 0.6) is 5.75 Å². The van der Waals surface area contributed by atoms with Crippen molar-refractivity contribution in [2.45, 2.75) is 32.2 Å². The summed E-state index contributed by atoms with van der Waals surface area (Å²) in [4.78, 5) is 18.1. The number of hydrogen-bond donors (Lipinski definition) is 2. The third-order valence-electron chi connectivity index (χ3n) is 3.56. The zero-order chi connectivity index (χ0) is 13.7. The molecule has 0 spiro atoms. The fraction of sp³-hybridized carbons (Fsp3) is 0.571. The number of aromatic nitrogens is 1. The standard InChI is InChI=1S/C14H21N3O2/c1-11(17-5-3-2-4-6-17)8-16-14(19)12-7-13(18)10-15-9-12/h7,9-11,18H,2-6,8H2,1H3,(H,16,19). The van der Waals surface area contributed by atoms with Gasteiger partial charge in [0.05, 0.1) is 11.8 Å². The van der Waals surface area contributed by atoms with Crippen molar-refractivity contribution in [3.05, 3.63) is 24.0 Å². The number of piperidine rings is 1. The molecule has 1 saturated heterocycles. The highest BCUT2D eigenvalue weighted by molar-refractivity contribution is 5.94. The molecule has 1 aliphatic heterocycles. The first-order valence-corrected chi connectivity index (χ1v) is 6.83. The monoisotopic (exact) mass is 263 g/mol. The SMILES string of the molecule is CC(CNC(=O)c1cncc(O)c1)N1CCCCC1. The van der Waals surface area contributed by atoms with Crippen LogP contribution in [0.4, 0.5) is 0 Å². The number of rotatable bonds is 4. The molecular weight excluding hydrogens is 242 g/mol. The highest BCUT2D eigenvalue weighted by Crippen LogP contribution is 2.12. The Bertz CT molecular complexity index is 430. The van der Waals surface area contributed by atoms with Gasteiger partial charge in [-0.3, -0.25) is 14.7 Å². The van der Waals surface area contributed by atoms with Gasteiger partial charge in [-0.15, -0.1) is 0 Å². The summed E-state index contributed by atoms with van der Waals surface area (Å²) in [6.07, 6.45) is 6.57. The van der Waals surface area contributed by atoms with E-state index in [-0.39, 0.29) is 11.7 Å². The third kappa shape index (κ3) is 3.92. The first kappa shape index (κ1) is 13.8. The van der Waals surface area contributed by atoms with Crippen molar-refractivity contribution in [2.24, 2.45) is 0 Å². The maximum atomic E-state index is 11.9. The van der Waals surface area contributed by atoms with Crippen molar-refractivity contribution in [3.63, 3.8) is 0 Å². The molecule has 1 unspecified atom stereocenters. The van der Waals surface area contributed by atoms with Crippen LogP contribution in [0.2, 0.25) is 0 Å². The van der Waals surface area contributed by atoms with Crippen LogP contribution in [0.25, 0.3) is 0 Å². The first-order valence-electron chi connectivity index (χ1n) is 6.83. The van der Waals surface area contributed by atoms with E-state index in [0.717, 1.165) is 13.1 Å². The number of pyridine rings is 1. The minimum atomic E-state index is -0.188. The molecule has 1 aliphatic rings. The quantitative estimate of drug-likeness (QED) is 0.861. The highest BCUT2D eigenvalue weighted by Gasteiger charge is 2.17. The van der Waals surface area contributed by atoms with Gasteiger partial charge in [0, 0.05) is 18.8 Å². The van der Waals surface area contributed by atoms with Crippen LogP contribution in [0.15, 0.2) is 18.5 Å². The largest absolute Gasteiger partial charge is 0.506 e. The third-order valence-corrected chi connectivity index (χ3v) is 3.56. The van der Waals surface area contributed by atoms with Crippen LogP contribution in [0, 0.1) is 0 Å². The maximum Gasteiger partial charge on any atom is 0.253 e. The number of likely N-dealkylation sites (tertiary alicyclic amines) is 1. The molecule has 19 heavy (non-hydrogen) atoms. The summed E-state index contributed by atoms with van der Waals surface area (Å²) in [5.74, 6) is -0.177. The highest BCUT2D eigenvalue weighted by atomic mass is 16.3. The molecule has 0 aliphatic carbocycles. The second-order valence-corrected chi connectivity index (χ2v) is 5.09. The Morgan fingerprint density at radius 2 is 2.16 bits per heavy atom. The predicted molar refractivity (Wildman–Crippen MR) is 73.1 cm³/mol. The van der Waals surface area contributed by atoms with Gasteiger partial charge < -0.3 is 10.4 Å². The fourth-order valence-electron chi connectivity index (χ4n) is 2.38. The van der Waals surface area contributed by atoms with Gasteiger partial charge in [-0.05, 0) is 38.9 Å². The maximum absolute atomic E-state index is 11.9. The van der Waals surface area contributed by atoms with Gasteiger partial charge in [0.1, 0.15) is 5.75 Å². The lowest BCUT2D eigenvalue weighted by Gasteiger charge is -2.32. The topological polar surface area (TPSA) is 65.5 Å². The molecule has 2 heterocycles. The van der Waals surface area contributed by atoms with Crippen LogP contribution in [0.1, 0.15) is 36.5 Å². The smallest absolute Gasteiger partial charge is 0.253 e. The van der Waals surface area contributed by atoms with Crippen LogP contribution in [-0.4, -0.2) is 46.6 Å².